The Morgan fingerprint density at radius 3 is 2.40 bits per heavy atom. The molecule has 2 saturated heterocycles. The van der Waals surface area contributed by atoms with Gasteiger partial charge in [0.05, 0.1) is 15.6 Å². The number of anilines is 3. The maximum absolute atomic E-state index is 13.9. The lowest BCUT2D eigenvalue weighted by atomic mass is 10.0. The van der Waals surface area contributed by atoms with Gasteiger partial charge in [0.25, 0.3) is 5.56 Å². The van der Waals surface area contributed by atoms with Crippen molar-refractivity contribution in [2.45, 2.75) is 32.7 Å². The second kappa shape index (κ2) is 13.1. The second-order valence-electron chi connectivity index (χ2n) is 11.4. The van der Waals surface area contributed by atoms with Gasteiger partial charge >= 0.3 is 0 Å². The molecule has 0 radical (unpaired) electrons. The number of halogens is 2. The number of aromatic nitrogens is 3. The van der Waals surface area contributed by atoms with Crippen LogP contribution in [0.3, 0.4) is 0 Å². The number of piperazine rings is 1. The van der Waals surface area contributed by atoms with E-state index >= 15 is 0 Å². The van der Waals surface area contributed by atoms with Gasteiger partial charge in [0.2, 0.25) is 5.95 Å². The molecule has 1 N–H and O–H groups in total. The Morgan fingerprint density at radius 1 is 1.02 bits per heavy atom. The van der Waals surface area contributed by atoms with Crippen molar-refractivity contribution in [3.63, 3.8) is 0 Å². The Bertz CT molecular complexity index is 1610. The summed E-state index contributed by atoms with van der Waals surface area (Å²) in [5.41, 5.74) is 2.79. The quantitative estimate of drug-likeness (QED) is 0.260. The SMILES string of the molecule is CC(C)N1CCN(c2ccc(Nc3ncc4cc(-c5c(Cl)cccc5Cl)c(=O)n(OCC5CCOCC5)c4n3)cc2)CC1. The van der Waals surface area contributed by atoms with Crippen molar-refractivity contribution in [2.75, 3.05) is 56.2 Å². The molecule has 2 aliphatic rings. The van der Waals surface area contributed by atoms with Crippen molar-refractivity contribution in [3.05, 3.63) is 75.1 Å². The van der Waals surface area contributed by atoms with Gasteiger partial charge in [0, 0.05) is 74.0 Å². The smallest absolute Gasteiger partial charge is 0.293 e. The minimum absolute atomic E-state index is 0.273. The molecule has 0 aliphatic carbocycles. The van der Waals surface area contributed by atoms with Crippen LogP contribution in [0.5, 0.6) is 0 Å². The fourth-order valence-corrected chi connectivity index (χ4v) is 6.26. The number of hydrogen-bond acceptors (Lipinski definition) is 8. The first kappa shape index (κ1) is 29.7. The van der Waals surface area contributed by atoms with E-state index in [1.54, 1.807) is 30.5 Å². The van der Waals surface area contributed by atoms with Crippen LogP contribution in [0.25, 0.3) is 22.2 Å². The highest BCUT2D eigenvalue weighted by Gasteiger charge is 2.22. The fourth-order valence-electron chi connectivity index (χ4n) is 5.66. The first-order valence-electron chi connectivity index (χ1n) is 14.8. The fraction of sp³-hybridized carbons (Fsp3) is 0.406. The van der Waals surface area contributed by atoms with Crippen LogP contribution in [0.4, 0.5) is 17.3 Å². The molecule has 0 bridgehead atoms. The van der Waals surface area contributed by atoms with Gasteiger partial charge < -0.3 is 19.8 Å². The molecule has 0 atom stereocenters. The van der Waals surface area contributed by atoms with Crippen LogP contribution in [-0.2, 0) is 4.74 Å². The molecule has 226 valence electrons. The highest BCUT2D eigenvalue weighted by molar-refractivity contribution is 6.39. The topological polar surface area (TPSA) is 84.8 Å². The first-order chi connectivity index (χ1) is 20.9. The van der Waals surface area contributed by atoms with Crippen molar-refractivity contribution >= 4 is 51.6 Å². The third-order valence-corrected chi connectivity index (χ3v) is 8.88. The van der Waals surface area contributed by atoms with Crippen molar-refractivity contribution in [2.24, 2.45) is 5.92 Å². The molecule has 0 saturated carbocycles. The molecule has 0 unspecified atom stereocenters. The Labute approximate surface area is 261 Å². The van der Waals surface area contributed by atoms with Crippen molar-refractivity contribution in [3.8, 4) is 11.1 Å². The minimum atomic E-state index is -0.388. The third-order valence-electron chi connectivity index (χ3n) is 8.25. The number of rotatable bonds is 8. The van der Waals surface area contributed by atoms with Gasteiger partial charge in [-0.05, 0) is 75.1 Å². The van der Waals surface area contributed by atoms with E-state index in [9.17, 15) is 4.79 Å². The van der Waals surface area contributed by atoms with Gasteiger partial charge in [-0.2, -0.15) is 4.98 Å². The van der Waals surface area contributed by atoms with Gasteiger partial charge in [-0.1, -0.05) is 29.3 Å². The number of pyridine rings is 1. The molecule has 2 aliphatic heterocycles. The standard InChI is InChI=1S/C32H36Cl2N6O3/c1-21(2)38-12-14-39(15-13-38)25-8-6-24(7-9-25)36-32-35-19-23-18-26(29-27(33)4-3-5-28(29)34)31(41)40(30(23)37-32)43-20-22-10-16-42-17-11-22/h3-9,18-19,21-22H,10-17,20H2,1-2H3,(H,35,36,37). The van der Waals surface area contributed by atoms with Gasteiger partial charge in [0.15, 0.2) is 5.65 Å². The van der Waals surface area contributed by atoms with Crippen molar-refractivity contribution in [1.82, 2.24) is 19.6 Å². The average molecular weight is 624 g/mol. The molecule has 43 heavy (non-hydrogen) atoms. The average Bonchev–Trinajstić information content (AvgIpc) is 3.02. The molecule has 2 fully saturated rings. The highest BCUT2D eigenvalue weighted by Crippen LogP contribution is 2.34. The largest absolute Gasteiger partial charge is 0.408 e. The monoisotopic (exact) mass is 622 g/mol. The van der Waals surface area contributed by atoms with Crippen LogP contribution >= 0.6 is 23.2 Å². The molecular formula is C32H36Cl2N6O3. The summed E-state index contributed by atoms with van der Waals surface area (Å²) in [6.07, 6.45) is 3.41. The van der Waals surface area contributed by atoms with Gasteiger partial charge in [-0.25, -0.2) is 4.98 Å². The number of hydrogen-bond donors (Lipinski definition) is 1. The van der Waals surface area contributed by atoms with E-state index in [2.05, 4.69) is 46.1 Å². The van der Waals surface area contributed by atoms with E-state index in [-0.39, 0.29) is 11.5 Å². The maximum atomic E-state index is 13.9. The van der Waals surface area contributed by atoms with Crippen LogP contribution in [0.2, 0.25) is 10.0 Å². The van der Waals surface area contributed by atoms with Gasteiger partial charge in [0.1, 0.15) is 6.61 Å². The summed E-state index contributed by atoms with van der Waals surface area (Å²) in [4.78, 5) is 34.2. The Hall–Kier alpha value is -3.37. The maximum Gasteiger partial charge on any atom is 0.293 e. The Balaban J connectivity index is 1.28. The first-order valence-corrected chi connectivity index (χ1v) is 15.6. The Morgan fingerprint density at radius 2 is 1.72 bits per heavy atom. The molecule has 9 nitrogen and oxygen atoms in total. The minimum Gasteiger partial charge on any atom is -0.408 e. The van der Waals surface area contributed by atoms with E-state index in [0.29, 0.717) is 64.0 Å². The van der Waals surface area contributed by atoms with E-state index in [4.69, 9.17) is 37.8 Å². The summed E-state index contributed by atoms with van der Waals surface area (Å²) < 4.78 is 6.75. The van der Waals surface area contributed by atoms with E-state index in [1.165, 1.54) is 10.4 Å². The number of fused-ring (bicyclic) bond motifs is 1. The van der Waals surface area contributed by atoms with Crippen LogP contribution in [0.15, 0.2) is 59.5 Å². The molecule has 4 aromatic rings. The molecule has 0 amide bonds. The lowest BCUT2D eigenvalue weighted by Crippen LogP contribution is -2.48. The third kappa shape index (κ3) is 6.60. The van der Waals surface area contributed by atoms with Crippen molar-refractivity contribution < 1.29 is 9.57 Å². The lowest BCUT2D eigenvalue weighted by molar-refractivity contribution is 0.0153. The second-order valence-corrected chi connectivity index (χ2v) is 12.2. The number of benzene rings is 2. The zero-order valence-corrected chi connectivity index (χ0v) is 25.9. The van der Waals surface area contributed by atoms with Crippen LogP contribution in [-0.4, -0.2) is 71.6 Å². The molecule has 0 spiro atoms. The van der Waals surface area contributed by atoms with Gasteiger partial charge in [-0.15, -0.1) is 4.73 Å². The summed E-state index contributed by atoms with van der Waals surface area (Å²) in [5.74, 6) is 0.631. The summed E-state index contributed by atoms with van der Waals surface area (Å²) in [6.45, 7) is 10.3. The lowest BCUT2D eigenvalue weighted by Gasteiger charge is -2.38. The van der Waals surface area contributed by atoms with E-state index in [1.807, 2.05) is 12.1 Å². The zero-order chi connectivity index (χ0) is 29.9. The molecule has 2 aromatic carbocycles. The van der Waals surface area contributed by atoms with E-state index < -0.39 is 0 Å². The van der Waals surface area contributed by atoms with Gasteiger partial charge in [-0.3, -0.25) is 9.69 Å². The highest BCUT2D eigenvalue weighted by atomic mass is 35.5. The number of ether oxygens (including phenoxy) is 1. The summed E-state index contributed by atoms with van der Waals surface area (Å²) >= 11 is 13.0. The predicted octanol–water partition coefficient (Wildman–Crippen LogP) is 5.89. The summed E-state index contributed by atoms with van der Waals surface area (Å²) in [7, 11) is 0. The summed E-state index contributed by atoms with van der Waals surface area (Å²) in [6, 6.07) is 15.7. The van der Waals surface area contributed by atoms with Crippen LogP contribution in [0, 0.1) is 5.92 Å². The number of nitrogens with one attached hydrogen (secondary N) is 1. The van der Waals surface area contributed by atoms with Crippen LogP contribution in [0.1, 0.15) is 26.7 Å². The molecule has 11 heteroatoms. The number of nitrogens with zero attached hydrogens (tertiary/aromatic N) is 5. The van der Waals surface area contributed by atoms with Crippen molar-refractivity contribution in [1.29, 1.82) is 0 Å². The Kier molecular flexibility index (Phi) is 9.04. The summed E-state index contributed by atoms with van der Waals surface area (Å²) in [5, 5.41) is 4.67. The molecular weight excluding hydrogens is 587 g/mol. The predicted molar refractivity (Wildman–Crippen MR) is 173 cm³/mol. The normalized spacial score (nSPS) is 16.6. The van der Waals surface area contributed by atoms with Crippen LogP contribution < -0.4 is 20.6 Å². The zero-order valence-electron chi connectivity index (χ0n) is 24.4. The molecule has 4 heterocycles. The molecule has 6 rings (SSSR count). The van der Waals surface area contributed by atoms with E-state index in [0.717, 1.165) is 44.7 Å². The molecule has 2 aromatic heterocycles.